The van der Waals surface area contributed by atoms with Gasteiger partial charge in [-0.15, -0.1) is 0 Å². The normalized spacial score (nSPS) is 29.0. The summed E-state index contributed by atoms with van der Waals surface area (Å²) >= 11 is 0. The standard InChI is InChI=1S/C20H26N2O6/c1-6-22-17(23)14-15(18(22)24)20(3,19(25)28-7-2)21-16(14)11-8-9-12(26-4)13(10-11)27-5/h8-10,14-16,21H,6-7H2,1-5H3/p+1/t14-,15+,16+,20-/m1/s1. The van der Waals surface area contributed by atoms with Crippen molar-refractivity contribution in [1.82, 2.24) is 4.90 Å². The van der Waals surface area contributed by atoms with E-state index in [1.165, 1.54) is 12.0 Å². The molecule has 0 saturated carbocycles. The number of nitrogens with zero attached hydrogens (tertiary/aromatic N) is 1. The van der Waals surface area contributed by atoms with Gasteiger partial charge >= 0.3 is 5.97 Å². The molecule has 3 rings (SSSR count). The van der Waals surface area contributed by atoms with E-state index in [9.17, 15) is 14.4 Å². The number of esters is 1. The Morgan fingerprint density at radius 1 is 1.14 bits per heavy atom. The molecule has 2 aliphatic heterocycles. The fourth-order valence-corrected chi connectivity index (χ4v) is 4.48. The minimum absolute atomic E-state index is 0.209. The van der Waals surface area contributed by atoms with Crippen LogP contribution in [0.4, 0.5) is 0 Å². The Bertz CT molecular complexity index is 810. The summed E-state index contributed by atoms with van der Waals surface area (Å²) in [6.07, 6.45) is 0. The number of methoxy groups -OCH3 is 2. The number of rotatable bonds is 6. The van der Waals surface area contributed by atoms with E-state index in [4.69, 9.17) is 14.2 Å². The van der Waals surface area contributed by atoms with Crippen LogP contribution in [0, 0.1) is 11.8 Å². The molecule has 0 aromatic heterocycles. The lowest BCUT2D eigenvalue weighted by Crippen LogP contribution is -2.97. The van der Waals surface area contributed by atoms with Gasteiger partial charge < -0.3 is 19.5 Å². The highest BCUT2D eigenvalue weighted by Crippen LogP contribution is 2.45. The van der Waals surface area contributed by atoms with Crippen molar-refractivity contribution in [2.75, 3.05) is 27.4 Å². The van der Waals surface area contributed by atoms with Crippen molar-refractivity contribution in [2.24, 2.45) is 11.8 Å². The summed E-state index contributed by atoms with van der Waals surface area (Å²) in [7, 11) is 3.08. The van der Waals surface area contributed by atoms with E-state index < -0.39 is 29.4 Å². The number of ether oxygens (including phenoxy) is 3. The molecule has 0 radical (unpaired) electrons. The lowest BCUT2D eigenvalue weighted by atomic mass is 9.80. The van der Waals surface area contributed by atoms with Crippen molar-refractivity contribution in [3.63, 3.8) is 0 Å². The van der Waals surface area contributed by atoms with Crippen LogP contribution in [0.3, 0.4) is 0 Å². The summed E-state index contributed by atoms with van der Waals surface area (Å²) in [6.45, 7) is 5.66. The first-order chi connectivity index (χ1) is 13.3. The van der Waals surface area contributed by atoms with Gasteiger partial charge in [-0.1, -0.05) is 0 Å². The molecule has 8 nitrogen and oxygen atoms in total. The second kappa shape index (κ2) is 7.43. The van der Waals surface area contributed by atoms with E-state index in [1.54, 1.807) is 45.3 Å². The predicted octanol–water partition coefficient (Wildman–Crippen LogP) is 0.265. The number of imide groups is 1. The highest BCUT2D eigenvalue weighted by Gasteiger charge is 2.70. The first-order valence-corrected chi connectivity index (χ1v) is 9.44. The molecule has 28 heavy (non-hydrogen) atoms. The van der Waals surface area contributed by atoms with Crippen LogP contribution in [0.2, 0.25) is 0 Å². The molecule has 1 aromatic rings. The number of amides is 2. The highest BCUT2D eigenvalue weighted by atomic mass is 16.5. The predicted molar refractivity (Wildman–Crippen MR) is 98.6 cm³/mol. The van der Waals surface area contributed by atoms with E-state index in [2.05, 4.69) is 0 Å². The quantitative estimate of drug-likeness (QED) is 0.552. The fraction of sp³-hybridized carbons (Fsp3) is 0.550. The van der Waals surface area contributed by atoms with Crippen LogP contribution < -0.4 is 14.8 Å². The number of benzene rings is 1. The van der Waals surface area contributed by atoms with Gasteiger partial charge in [-0.2, -0.15) is 0 Å². The van der Waals surface area contributed by atoms with Gasteiger partial charge in [0.05, 0.1) is 20.8 Å². The third-order valence-electron chi connectivity index (χ3n) is 5.83. The Labute approximate surface area is 164 Å². The molecule has 2 heterocycles. The van der Waals surface area contributed by atoms with Crippen LogP contribution in [0.1, 0.15) is 32.4 Å². The van der Waals surface area contributed by atoms with Crippen molar-refractivity contribution in [3.8, 4) is 11.5 Å². The minimum Gasteiger partial charge on any atom is -0.493 e. The Kier molecular flexibility index (Phi) is 5.34. The molecule has 8 heteroatoms. The molecule has 2 amide bonds. The van der Waals surface area contributed by atoms with Gasteiger partial charge in [0, 0.05) is 19.0 Å². The van der Waals surface area contributed by atoms with Crippen LogP contribution in [0.25, 0.3) is 0 Å². The lowest BCUT2D eigenvalue weighted by molar-refractivity contribution is -0.731. The third-order valence-corrected chi connectivity index (χ3v) is 5.83. The van der Waals surface area contributed by atoms with E-state index in [0.717, 1.165) is 5.56 Å². The lowest BCUT2D eigenvalue weighted by Gasteiger charge is -2.26. The monoisotopic (exact) mass is 391 g/mol. The molecule has 2 saturated heterocycles. The molecule has 0 bridgehead atoms. The van der Waals surface area contributed by atoms with Gasteiger partial charge in [0.1, 0.15) is 17.9 Å². The van der Waals surface area contributed by atoms with Crippen LogP contribution in [-0.2, 0) is 19.1 Å². The third kappa shape index (κ3) is 2.83. The topological polar surface area (TPSA) is 98.8 Å². The number of quaternary nitrogens is 1. The Hall–Kier alpha value is -2.61. The first-order valence-electron chi connectivity index (χ1n) is 9.44. The molecular weight excluding hydrogens is 364 g/mol. The molecule has 2 fully saturated rings. The van der Waals surface area contributed by atoms with Gasteiger partial charge in [-0.25, -0.2) is 4.79 Å². The molecular formula is C20H27N2O6+. The number of carbonyl (C=O) groups is 3. The van der Waals surface area contributed by atoms with Crippen LogP contribution in [-0.4, -0.2) is 55.6 Å². The fourth-order valence-electron chi connectivity index (χ4n) is 4.48. The first kappa shape index (κ1) is 20.1. The summed E-state index contributed by atoms with van der Waals surface area (Å²) in [5, 5.41) is 1.80. The second-order valence-corrected chi connectivity index (χ2v) is 7.23. The number of hydrogen-bond acceptors (Lipinski definition) is 6. The zero-order chi connectivity index (χ0) is 20.6. The van der Waals surface area contributed by atoms with Crippen LogP contribution in [0.15, 0.2) is 18.2 Å². The average Bonchev–Trinajstić information content (AvgIpc) is 3.15. The molecule has 152 valence electrons. The van der Waals surface area contributed by atoms with Crippen molar-refractivity contribution in [2.45, 2.75) is 32.4 Å². The number of hydrogen-bond donors (Lipinski definition) is 1. The molecule has 0 unspecified atom stereocenters. The number of likely N-dealkylation sites (tertiary alicyclic amines) is 1. The molecule has 0 spiro atoms. The summed E-state index contributed by atoms with van der Waals surface area (Å²) in [5.41, 5.74) is -0.380. The molecule has 4 atom stereocenters. The Balaban J connectivity index is 2.09. The Morgan fingerprint density at radius 2 is 1.82 bits per heavy atom. The van der Waals surface area contributed by atoms with Crippen molar-refractivity contribution in [1.29, 1.82) is 0 Å². The zero-order valence-electron chi connectivity index (χ0n) is 16.9. The van der Waals surface area contributed by atoms with Gasteiger partial charge in [0.2, 0.25) is 17.4 Å². The van der Waals surface area contributed by atoms with E-state index in [1.807, 2.05) is 6.07 Å². The summed E-state index contributed by atoms with van der Waals surface area (Å²) < 4.78 is 15.9. The van der Waals surface area contributed by atoms with E-state index in [-0.39, 0.29) is 25.0 Å². The summed E-state index contributed by atoms with van der Waals surface area (Å²) in [5.74, 6) is -1.35. The van der Waals surface area contributed by atoms with E-state index >= 15 is 0 Å². The molecule has 0 aliphatic carbocycles. The maximum absolute atomic E-state index is 13.0. The van der Waals surface area contributed by atoms with Crippen molar-refractivity contribution >= 4 is 17.8 Å². The van der Waals surface area contributed by atoms with Gasteiger partial charge in [-0.3, -0.25) is 14.5 Å². The highest BCUT2D eigenvalue weighted by molar-refractivity contribution is 6.08. The molecule has 1 aromatic carbocycles. The summed E-state index contributed by atoms with van der Waals surface area (Å²) in [4.78, 5) is 40.0. The van der Waals surface area contributed by atoms with Gasteiger partial charge in [0.15, 0.2) is 11.5 Å². The average molecular weight is 391 g/mol. The number of fused-ring (bicyclic) bond motifs is 1. The maximum atomic E-state index is 13.0. The smallest absolute Gasteiger partial charge is 0.368 e. The van der Waals surface area contributed by atoms with Crippen molar-refractivity contribution < 1.29 is 33.9 Å². The minimum atomic E-state index is -1.17. The van der Waals surface area contributed by atoms with Crippen molar-refractivity contribution in [3.05, 3.63) is 23.8 Å². The molecule has 2 N–H and O–H groups in total. The van der Waals surface area contributed by atoms with Crippen LogP contribution in [0.5, 0.6) is 11.5 Å². The van der Waals surface area contributed by atoms with Gasteiger partial charge in [0.25, 0.3) is 0 Å². The Morgan fingerprint density at radius 3 is 2.39 bits per heavy atom. The second-order valence-electron chi connectivity index (χ2n) is 7.23. The zero-order valence-corrected chi connectivity index (χ0v) is 16.9. The number of nitrogens with two attached hydrogens (primary N) is 1. The largest absolute Gasteiger partial charge is 0.493 e. The SMILES string of the molecule is CCOC(=O)[C@]1(C)[NH2+][C@@H](c2ccc(OC)c(OC)c2)[C@@H]2C(=O)N(CC)C(=O)[C@H]21. The maximum Gasteiger partial charge on any atom is 0.368 e. The summed E-state index contributed by atoms with van der Waals surface area (Å²) in [6, 6.07) is 4.98. The van der Waals surface area contributed by atoms with E-state index in [0.29, 0.717) is 11.5 Å². The van der Waals surface area contributed by atoms with Gasteiger partial charge in [-0.05, 0) is 32.0 Å². The molecule has 2 aliphatic rings. The van der Waals surface area contributed by atoms with Crippen LogP contribution >= 0.6 is 0 Å². The number of carbonyl (C=O) groups excluding carboxylic acids is 3.